The molecule has 4 rings (SSSR count). The first-order chi connectivity index (χ1) is 18.5. The Morgan fingerprint density at radius 3 is 2.26 bits per heavy atom. The highest BCUT2D eigenvalue weighted by Crippen LogP contribution is 2.29. The molecule has 0 aliphatic carbocycles. The lowest BCUT2D eigenvalue weighted by Crippen LogP contribution is -2.40. The molecule has 17 heteroatoms. The van der Waals surface area contributed by atoms with Crippen LogP contribution in [0.3, 0.4) is 0 Å². The molecule has 1 N–H and O–H groups in total. The number of carbonyl (C=O) groups excluding carboxylic acids is 2. The average molecular weight is 597 g/mol. The lowest BCUT2D eigenvalue weighted by Gasteiger charge is -2.26. The Bertz CT molecular complexity index is 1600. The summed E-state index contributed by atoms with van der Waals surface area (Å²) in [6.45, 7) is 0.333. The number of morpholine rings is 1. The van der Waals surface area contributed by atoms with Gasteiger partial charge < -0.3 is 9.47 Å². The number of thiazole rings is 1. The quantitative estimate of drug-likeness (QED) is 0.215. The van der Waals surface area contributed by atoms with Crippen LogP contribution in [0, 0.1) is 10.1 Å². The number of aromatic nitrogens is 1. The number of nitro benzene ring substituents is 1. The number of anilines is 1. The molecular weight excluding hydrogens is 576 g/mol. The highest BCUT2D eigenvalue weighted by molar-refractivity contribution is 7.93. The van der Waals surface area contributed by atoms with E-state index in [0.717, 1.165) is 30.5 Å². The molecule has 1 aromatic heterocycles. The lowest BCUT2D eigenvalue weighted by molar-refractivity contribution is -0.384. The molecule has 0 atom stereocenters. The maximum Gasteiger partial charge on any atom is 0.338 e. The van der Waals surface area contributed by atoms with Crippen LogP contribution in [-0.4, -0.2) is 75.8 Å². The Morgan fingerprint density at radius 2 is 1.64 bits per heavy atom. The summed E-state index contributed by atoms with van der Waals surface area (Å²) in [4.78, 5) is 38.3. The highest BCUT2D eigenvalue weighted by Gasteiger charge is 2.27. The zero-order chi connectivity index (χ0) is 28.2. The first kappa shape index (κ1) is 28.2. The Labute approximate surface area is 226 Å². The van der Waals surface area contributed by atoms with E-state index in [2.05, 4.69) is 10.3 Å². The number of carbonyl (C=O) groups is 2. The Kier molecular flexibility index (Phi) is 8.36. The molecule has 1 aliphatic heterocycles. The van der Waals surface area contributed by atoms with Crippen LogP contribution in [0.5, 0.6) is 0 Å². The van der Waals surface area contributed by atoms with Crippen LogP contribution in [0.25, 0.3) is 0 Å². The van der Waals surface area contributed by atoms with E-state index >= 15 is 0 Å². The first-order valence-corrected chi connectivity index (χ1v) is 14.8. The second-order valence-electron chi connectivity index (χ2n) is 7.90. The third-order valence-electron chi connectivity index (χ3n) is 5.39. The number of sulfonamides is 1. The molecule has 0 spiro atoms. The zero-order valence-corrected chi connectivity index (χ0v) is 22.3. The number of nitro groups is 1. The Balaban J connectivity index is 1.32. The van der Waals surface area contributed by atoms with E-state index in [0.29, 0.717) is 24.6 Å². The summed E-state index contributed by atoms with van der Waals surface area (Å²) >= 11 is 0.646. The number of sulfone groups is 1. The van der Waals surface area contributed by atoms with Gasteiger partial charge >= 0.3 is 5.97 Å². The van der Waals surface area contributed by atoms with Crippen molar-refractivity contribution in [1.29, 1.82) is 0 Å². The van der Waals surface area contributed by atoms with Gasteiger partial charge in [-0.1, -0.05) is 11.3 Å². The molecule has 1 amide bonds. The maximum atomic E-state index is 12.7. The number of hydrogen-bond donors (Lipinski definition) is 1. The highest BCUT2D eigenvalue weighted by atomic mass is 32.2. The van der Waals surface area contributed by atoms with E-state index in [1.54, 1.807) is 0 Å². The van der Waals surface area contributed by atoms with Crippen molar-refractivity contribution in [2.45, 2.75) is 14.0 Å². The molecule has 39 heavy (non-hydrogen) atoms. The van der Waals surface area contributed by atoms with Gasteiger partial charge in [-0.15, -0.1) is 0 Å². The fraction of sp³-hybridized carbons (Fsp3) is 0.227. The van der Waals surface area contributed by atoms with Crippen molar-refractivity contribution >= 4 is 53.9 Å². The predicted octanol–water partition coefficient (Wildman–Crippen LogP) is 1.70. The fourth-order valence-corrected chi connectivity index (χ4v) is 7.23. The summed E-state index contributed by atoms with van der Waals surface area (Å²) in [5, 5.41) is 13.0. The Hall–Kier alpha value is -3.77. The van der Waals surface area contributed by atoms with E-state index in [1.807, 2.05) is 0 Å². The van der Waals surface area contributed by atoms with Crippen molar-refractivity contribution in [1.82, 2.24) is 9.29 Å². The van der Waals surface area contributed by atoms with Gasteiger partial charge in [0.15, 0.2) is 11.7 Å². The van der Waals surface area contributed by atoms with Gasteiger partial charge in [0.25, 0.3) is 11.6 Å². The molecule has 0 saturated carbocycles. The van der Waals surface area contributed by atoms with Crippen LogP contribution in [-0.2, 0) is 34.1 Å². The van der Waals surface area contributed by atoms with Crippen molar-refractivity contribution in [3.8, 4) is 0 Å². The number of benzene rings is 2. The number of amides is 1. The number of rotatable bonds is 9. The molecule has 1 saturated heterocycles. The smallest absolute Gasteiger partial charge is 0.338 e. The van der Waals surface area contributed by atoms with Crippen molar-refractivity contribution < 1.29 is 40.8 Å². The fourth-order valence-electron chi connectivity index (χ4n) is 3.37. The van der Waals surface area contributed by atoms with Crippen molar-refractivity contribution in [3.05, 3.63) is 70.4 Å². The van der Waals surface area contributed by atoms with Gasteiger partial charge in [0.1, 0.15) is 4.21 Å². The molecule has 2 heterocycles. The maximum absolute atomic E-state index is 12.7. The largest absolute Gasteiger partial charge is 0.452 e. The average Bonchev–Trinajstić information content (AvgIpc) is 3.41. The van der Waals surface area contributed by atoms with Gasteiger partial charge in [-0.2, -0.15) is 4.31 Å². The third kappa shape index (κ3) is 6.45. The molecule has 1 aliphatic rings. The summed E-state index contributed by atoms with van der Waals surface area (Å²) in [6.07, 6.45) is 1.02. The number of ether oxygens (including phenoxy) is 2. The minimum Gasteiger partial charge on any atom is -0.452 e. The van der Waals surface area contributed by atoms with Crippen molar-refractivity contribution in [3.63, 3.8) is 0 Å². The number of hydrogen-bond acceptors (Lipinski definition) is 12. The monoisotopic (exact) mass is 596 g/mol. The second-order valence-corrected chi connectivity index (χ2v) is 13.0. The molecule has 3 aromatic rings. The van der Waals surface area contributed by atoms with Gasteiger partial charge in [0.05, 0.1) is 39.7 Å². The Morgan fingerprint density at radius 1 is 1.03 bits per heavy atom. The minimum atomic E-state index is -4.03. The zero-order valence-electron chi connectivity index (χ0n) is 19.9. The van der Waals surface area contributed by atoms with Crippen LogP contribution in [0.1, 0.15) is 10.4 Å². The molecule has 14 nitrogen and oxygen atoms in total. The van der Waals surface area contributed by atoms with Crippen LogP contribution in [0.15, 0.2) is 68.7 Å². The molecule has 2 aromatic carbocycles. The lowest BCUT2D eigenvalue weighted by atomic mass is 10.2. The molecule has 1 fully saturated rings. The summed E-state index contributed by atoms with van der Waals surface area (Å²) < 4.78 is 62.0. The van der Waals surface area contributed by atoms with Gasteiger partial charge in [-0.05, 0) is 36.4 Å². The van der Waals surface area contributed by atoms with E-state index in [4.69, 9.17) is 9.47 Å². The van der Waals surface area contributed by atoms with Crippen LogP contribution in [0.4, 0.5) is 10.8 Å². The number of esters is 1. The van der Waals surface area contributed by atoms with Gasteiger partial charge in [-0.25, -0.2) is 26.6 Å². The molecule has 0 bridgehead atoms. The van der Waals surface area contributed by atoms with Crippen LogP contribution >= 0.6 is 11.3 Å². The number of non-ortho nitro benzene ring substituents is 1. The first-order valence-electron chi connectivity index (χ1n) is 11.1. The standard InChI is InChI=1S/C22H20N4O10S3/c27-19(24-22-23-13-20(37-22)38(31,32)17-7-3-16(4-8-17)26(29)30)14-36-21(28)15-1-5-18(6-2-15)39(33,34)25-9-11-35-12-10-25/h1-8,13H,9-12,14H2,(H,23,24,27). The summed E-state index contributed by atoms with van der Waals surface area (Å²) in [6, 6.07) is 9.37. The van der Waals surface area contributed by atoms with E-state index in [1.165, 1.54) is 28.6 Å². The SMILES string of the molecule is O=C(COC(=O)c1ccc(S(=O)(=O)N2CCOCC2)cc1)Nc1ncc(S(=O)(=O)c2ccc([N+](=O)[O-])cc2)s1. The normalized spacial score (nSPS) is 14.5. The van der Waals surface area contributed by atoms with Gasteiger partial charge in [0.2, 0.25) is 19.9 Å². The third-order valence-corrected chi connectivity index (χ3v) is 10.4. The molecule has 0 radical (unpaired) electrons. The van der Waals surface area contributed by atoms with Gasteiger partial charge in [-0.3, -0.25) is 20.2 Å². The van der Waals surface area contributed by atoms with Crippen LogP contribution < -0.4 is 5.32 Å². The van der Waals surface area contributed by atoms with Crippen molar-refractivity contribution in [2.75, 3.05) is 38.2 Å². The molecule has 206 valence electrons. The summed E-state index contributed by atoms with van der Waals surface area (Å²) in [5.41, 5.74) is -0.246. The summed E-state index contributed by atoms with van der Waals surface area (Å²) in [5.74, 6) is -1.66. The van der Waals surface area contributed by atoms with Crippen molar-refractivity contribution in [2.24, 2.45) is 0 Å². The second kappa shape index (κ2) is 11.5. The van der Waals surface area contributed by atoms with E-state index < -0.39 is 43.3 Å². The van der Waals surface area contributed by atoms with Gasteiger partial charge in [0, 0.05) is 25.2 Å². The van der Waals surface area contributed by atoms with E-state index in [9.17, 15) is 36.5 Å². The molecular formula is C22H20N4O10S3. The number of nitrogens with one attached hydrogen (secondary N) is 1. The van der Waals surface area contributed by atoms with E-state index in [-0.39, 0.29) is 43.5 Å². The predicted molar refractivity (Wildman–Crippen MR) is 136 cm³/mol. The topological polar surface area (TPSA) is 192 Å². The summed E-state index contributed by atoms with van der Waals surface area (Å²) in [7, 11) is -7.77. The molecule has 0 unspecified atom stereocenters. The number of nitrogens with zero attached hydrogens (tertiary/aromatic N) is 3. The van der Waals surface area contributed by atoms with Crippen LogP contribution in [0.2, 0.25) is 0 Å². The minimum absolute atomic E-state index is 0.00180.